The zero-order valence-corrected chi connectivity index (χ0v) is 11.0. The van der Waals surface area contributed by atoms with Crippen molar-refractivity contribution in [2.75, 3.05) is 6.26 Å². The van der Waals surface area contributed by atoms with Gasteiger partial charge >= 0.3 is 0 Å². The molecule has 5 heteroatoms. The van der Waals surface area contributed by atoms with Gasteiger partial charge in [-0.1, -0.05) is 36.0 Å². The smallest absolute Gasteiger partial charge is 0.187 e. The van der Waals surface area contributed by atoms with Crippen LogP contribution in [0.25, 0.3) is 0 Å². The van der Waals surface area contributed by atoms with Crippen molar-refractivity contribution < 1.29 is 9.59 Å². The highest BCUT2D eigenvalue weighted by atomic mass is 32.2. The number of nitrogens with zero attached hydrogens (tertiary/aromatic N) is 2. The third-order valence-corrected chi connectivity index (χ3v) is 3.72. The number of hydrogen-bond acceptors (Lipinski definition) is 5. The van der Waals surface area contributed by atoms with Gasteiger partial charge in [-0.15, -0.1) is 0 Å². The van der Waals surface area contributed by atoms with E-state index < -0.39 is 5.92 Å². The molecule has 0 N–H and O–H groups in total. The second-order valence-electron chi connectivity index (χ2n) is 4.21. The van der Waals surface area contributed by atoms with Crippen molar-refractivity contribution in [2.24, 2.45) is 0 Å². The molecule has 94 valence electrons. The van der Waals surface area contributed by atoms with Crippen LogP contribution in [0.3, 0.4) is 0 Å². The first-order valence-corrected chi connectivity index (χ1v) is 6.98. The SMILES string of the molecule is CSc1ncc(C2C(=O)c3ccccc3C2=O)cn1. The van der Waals surface area contributed by atoms with Gasteiger partial charge in [0.15, 0.2) is 16.7 Å². The van der Waals surface area contributed by atoms with Gasteiger partial charge in [0.05, 0.1) is 0 Å². The summed E-state index contributed by atoms with van der Waals surface area (Å²) in [6, 6.07) is 6.90. The number of rotatable bonds is 2. The van der Waals surface area contributed by atoms with Crippen LogP contribution in [0.5, 0.6) is 0 Å². The lowest BCUT2D eigenvalue weighted by Gasteiger charge is -2.06. The van der Waals surface area contributed by atoms with Crippen molar-refractivity contribution in [2.45, 2.75) is 11.1 Å². The quantitative estimate of drug-likeness (QED) is 0.476. The summed E-state index contributed by atoms with van der Waals surface area (Å²) in [5.41, 5.74) is 1.54. The number of hydrogen-bond donors (Lipinski definition) is 0. The molecule has 0 spiro atoms. The third-order valence-electron chi connectivity index (χ3n) is 3.15. The van der Waals surface area contributed by atoms with E-state index >= 15 is 0 Å². The number of benzene rings is 1. The molecule has 1 aromatic heterocycles. The Morgan fingerprint density at radius 1 is 1.00 bits per heavy atom. The predicted octanol–water partition coefficient (Wildman–Crippen LogP) is 2.36. The molecule has 0 amide bonds. The van der Waals surface area contributed by atoms with Crippen molar-refractivity contribution >= 4 is 23.3 Å². The van der Waals surface area contributed by atoms with Gasteiger partial charge in [0.2, 0.25) is 0 Å². The summed E-state index contributed by atoms with van der Waals surface area (Å²) in [5, 5.41) is 0.624. The lowest BCUT2D eigenvalue weighted by molar-refractivity contribution is 0.0889. The largest absolute Gasteiger partial charge is 0.293 e. The number of carbonyl (C=O) groups is 2. The van der Waals surface area contributed by atoms with Crippen LogP contribution in [0.4, 0.5) is 0 Å². The number of ketones is 2. The Labute approximate surface area is 114 Å². The average Bonchev–Trinajstić information content (AvgIpc) is 2.72. The molecule has 1 heterocycles. The molecule has 0 fully saturated rings. The highest BCUT2D eigenvalue weighted by Gasteiger charge is 2.39. The molecular formula is C14H10N2O2S. The normalized spacial score (nSPS) is 14.8. The molecule has 0 aliphatic heterocycles. The first-order chi connectivity index (χ1) is 9.22. The average molecular weight is 270 g/mol. The van der Waals surface area contributed by atoms with E-state index in [1.807, 2.05) is 6.26 Å². The van der Waals surface area contributed by atoms with Crippen LogP contribution in [0.1, 0.15) is 32.2 Å². The van der Waals surface area contributed by atoms with Crippen LogP contribution >= 0.6 is 11.8 Å². The van der Waals surface area contributed by atoms with Crippen LogP contribution in [0.2, 0.25) is 0 Å². The first kappa shape index (κ1) is 12.0. The molecule has 1 aliphatic rings. The Bertz CT molecular complexity index is 632. The van der Waals surface area contributed by atoms with E-state index in [4.69, 9.17) is 0 Å². The van der Waals surface area contributed by atoms with Crippen molar-refractivity contribution in [1.82, 2.24) is 9.97 Å². The van der Waals surface area contributed by atoms with Crippen LogP contribution in [0, 0.1) is 0 Å². The van der Waals surface area contributed by atoms with Crippen LogP contribution in [-0.4, -0.2) is 27.8 Å². The zero-order chi connectivity index (χ0) is 13.4. The predicted molar refractivity (Wildman–Crippen MR) is 71.7 cm³/mol. The van der Waals surface area contributed by atoms with E-state index in [0.29, 0.717) is 21.8 Å². The molecule has 2 aromatic rings. The van der Waals surface area contributed by atoms with Gasteiger partial charge < -0.3 is 0 Å². The van der Waals surface area contributed by atoms with E-state index in [1.54, 1.807) is 36.7 Å². The lowest BCUT2D eigenvalue weighted by atomic mass is 9.97. The number of fused-ring (bicyclic) bond motifs is 1. The minimum Gasteiger partial charge on any atom is -0.293 e. The highest BCUT2D eigenvalue weighted by Crippen LogP contribution is 2.33. The molecule has 3 rings (SSSR count). The fourth-order valence-corrected chi connectivity index (χ4v) is 2.54. The molecule has 1 aliphatic carbocycles. The fourth-order valence-electron chi connectivity index (χ4n) is 2.23. The molecule has 4 nitrogen and oxygen atoms in total. The lowest BCUT2D eigenvalue weighted by Crippen LogP contribution is -2.13. The molecule has 0 saturated carbocycles. The minimum atomic E-state index is -0.784. The van der Waals surface area contributed by atoms with Crippen molar-refractivity contribution in [1.29, 1.82) is 0 Å². The van der Waals surface area contributed by atoms with Gasteiger partial charge in [-0.25, -0.2) is 9.97 Å². The summed E-state index contributed by atoms with van der Waals surface area (Å²) in [7, 11) is 0. The van der Waals surface area contributed by atoms with Gasteiger partial charge in [-0.3, -0.25) is 9.59 Å². The van der Waals surface area contributed by atoms with Crippen LogP contribution in [-0.2, 0) is 0 Å². The third kappa shape index (κ3) is 1.86. The Morgan fingerprint density at radius 3 is 2.00 bits per heavy atom. The Kier molecular flexibility index (Phi) is 2.91. The second kappa shape index (κ2) is 4.59. The monoisotopic (exact) mass is 270 g/mol. The summed E-state index contributed by atoms with van der Waals surface area (Å²) in [5.74, 6) is -1.12. The summed E-state index contributed by atoms with van der Waals surface area (Å²) in [4.78, 5) is 32.8. The number of carbonyl (C=O) groups excluding carboxylic acids is 2. The summed E-state index contributed by atoms with van der Waals surface area (Å²) >= 11 is 1.42. The van der Waals surface area contributed by atoms with E-state index in [1.165, 1.54) is 11.8 Å². The standard InChI is InChI=1S/C14H10N2O2S/c1-19-14-15-6-8(7-16-14)11-12(17)9-4-2-3-5-10(9)13(11)18/h2-7,11H,1H3. The van der Waals surface area contributed by atoms with Gasteiger partial charge in [0, 0.05) is 29.1 Å². The van der Waals surface area contributed by atoms with Crippen LogP contribution < -0.4 is 0 Å². The van der Waals surface area contributed by atoms with Gasteiger partial charge in [0.1, 0.15) is 5.92 Å². The van der Waals surface area contributed by atoms with Crippen molar-refractivity contribution in [3.05, 3.63) is 53.3 Å². The fraction of sp³-hybridized carbons (Fsp3) is 0.143. The topological polar surface area (TPSA) is 59.9 Å². The van der Waals surface area contributed by atoms with Crippen LogP contribution in [0.15, 0.2) is 41.8 Å². The number of aromatic nitrogens is 2. The molecule has 0 unspecified atom stereocenters. The van der Waals surface area contributed by atoms with Gasteiger partial charge in [0.25, 0.3) is 0 Å². The Hall–Kier alpha value is -2.01. The van der Waals surface area contributed by atoms with E-state index in [0.717, 1.165) is 0 Å². The molecule has 0 bridgehead atoms. The molecule has 0 saturated heterocycles. The Balaban J connectivity index is 2.03. The maximum Gasteiger partial charge on any atom is 0.187 e. The number of thioether (sulfide) groups is 1. The molecule has 0 atom stereocenters. The maximum atomic E-state index is 12.3. The number of Topliss-reactive ketones (excluding diaryl/α,β-unsaturated/α-hetero) is 2. The summed E-state index contributed by atoms with van der Waals surface area (Å²) < 4.78 is 0. The molecule has 1 aromatic carbocycles. The van der Waals surface area contributed by atoms with E-state index in [2.05, 4.69) is 9.97 Å². The summed E-state index contributed by atoms with van der Waals surface area (Å²) in [6.07, 6.45) is 4.99. The van der Waals surface area contributed by atoms with Gasteiger partial charge in [-0.05, 0) is 6.26 Å². The van der Waals surface area contributed by atoms with Gasteiger partial charge in [-0.2, -0.15) is 0 Å². The van der Waals surface area contributed by atoms with Crippen molar-refractivity contribution in [3.8, 4) is 0 Å². The minimum absolute atomic E-state index is 0.166. The zero-order valence-electron chi connectivity index (χ0n) is 10.2. The van der Waals surface area contributed by atoms with E-state index in [9.17, 15) is 9.59 Å². The van der Waals surface area contributed by atoms with Crippen molar-refractivity contribution in [3.63, 3.8) is 0 Å². The first-order valence-electron chi connectivity index (χ1n) is 5.75. The molecule has 19 heavy (non-hydrogen) atoms. The second-order valence-corrected chi connectivity index (χ2v) is 4.98. The summed E-state index contributed by atoms with van der Waals surface area (Å²) in [6.45, 7) is 0. The molecular weight excluding hydrogens is 260 g/mol. The highest BCUT2D eigenvalue weighted by molar-refractivity contribution is 7.98. The maximum absolute atomic E-state index is 12.3. The Morgan fingerprint density at radius 2 is 1.53 bits per heavy atom. The van der Waals surface area contributed by atoms with E-state index in [-0.39, 0.29) is 11.6 Å². The molecule has 0 radical (unpaired) electrons.